The van der Waals surface area contributed by atoms with E-state index in [9.17, 15) is 10.1 Å². The second kappa shape index (κ2) is 6.00. The van der Waals surface area contributed by atoms with Gasteiger partial charge in [-0.1, -0.05) is 30.3 Å². The number of nitrogens with zero attached hydrogens (tertiary/aromatic N) is 1. The molecule has 0 heterocycles. The van der Waals surface area contributed by atoms with Gasteiger partial charge in [-0.3, -0.25) is 4.79 Å². The van der Waals surface area contributed by atoms with E-state index in [0.29, 0.717) is 5.56 Å². The number of carbonyl (C=O) groups excluding carboxylic acids is 1. The Morgan fingerprint density at radius 1 is 1.32 bits per heavy atom. The van der Waals surface area contributed by atoms with Crippen molar-refractivity contribution in [2.45, 2.75) is 32.2 Å². The van der Waals surface area contributed by atoms with Gasteiger partial charge >= 0.3 is 5.97 Å². The first-order chi connectivity index (χ1) is 8.79. The fourth-order valence-electron chi connectivity index (χ4n) is 1.72. The molecule has 0 aliphatic carbocycles. The lowest BCUT2D eigenvalue weighted by Gasteiger charge is -2.33. The normalized spacial score (nSPS) is 14.3. The van der Waals surface area contributed by atoms with Crippen LogP contribution >= 0.6 is 0 Å². The summed E-state index contributed by atoms with van der Waals surface area (Å²) in [5, 5.41) is 9.56. The maximum absolute atomic E-state index is 11.0. The Morgan fingerprint density at radius 3 is 2.32 bits per heavy atom. The maximum Gasteiger partial charge on any atom is 0.302 e. The second-order valence-electron chi connectivity index (χ2n) is 5.30. The molecule has 0 saturated heterocycles. The van der Waals surface area contributed by atoms with Gasteiger partial charge in [-0.05, 0) is 19.6 Å². The summed E-state index contributed by atoms with van der Waals surface area (Å²) in [5.74, 6) is -0.422. The molecule has 1 aromatic carbocycles. The average molecular weight is 277 g/mol. The van der Waals surface area contributed by atoms with Crippen molar-refractivity contribution in [2.75, 3.05) is 6.61 Å². The van der Waals surface area contributed by atoms with Gasteiger partial charge in [0.25, 0.3) is 0 Å². The molecule has 0 bridgehead atoms. The van der Waals surface area contributed by atoms with Crippen LogP contribution in [0.15, 0.2) is 30.3 Å². The number of hydrogen-bond acceptors (Lipinski definition) is 4. The fraction of sp³-hybridized carbons (Fsp3) is 0.429. The first kappa shape index (κ1) is 15.4. The molecular formula is C14H19NO3Si. The highest BCUT2D eigenvalue weighted by Crippen LogP contribution is 2.29. The molecule has 0 spiro atoms. The fourth-order valence-corrected chi connectivity index (χ4v) is 2.99. The molecule has 0 fully saturated rings. The lowest BCUT2D eigenvalue weighted by Crippen LogP contribution is -2.43. The number of ether oxygens (including phenoxy) is 1. The van der Waals surface area contributed by atoms with Crippen molar-refractivity contribution in [1.82, 2.24) is 0 Å². The van der Waals surface area contributed by atoms with E-state index in [-0.39, 0.29) is 6.61 Å². The Bertz CT molecular complexity index is 476. The average Bonchev–Trinajstić information content (AvgIpc) is 2.34. The highest BCUT2D eigenvalue weighted by atomic mass is 28.4. The molecule has 19 heavy (non-hydrogen) atoms. The number of nitriles is 1. The van der Waals surface area contributed by atoms with Crippen LogP contribution in [0.4, 0.5) is 0 Å². The summed E-state index contributed by atoms with van der Waals surface area (Å²) in [6, 6.07) is 11.3. The molecule has 1 rings (SSSR count). The maximum atomic E-state index is 11.0. The van der Waals surface area contributed by atoms with Crippen molar-refractivity contribution in [1.29, 1.82) is 5.26 Å². The third-order valence-corrected chi connectivity index (χ3v) is 3.34. The number of esters is 1. The van der Waals surface area contributed by atoms with Crippen molar-refractivity contribution in [3.63, 3.8) is 0 Å². The van der Waals surface area contributed by atoms with E-state index >= 15 is 0 Å². The number of carbonyl (C=O) groups is 1. The van der Waals surface area contributed by atoms with Gasteiger partial charge < -0.3 is 9.16 Å². The summed E-state index contributed by atoms with van der Waals surface area (Å²) < 4.78 is 11.0. The first-order valence-electron chi connectivity index (χ1n) is 6.09. The van der Waals surface area contributed by atoms with Gasteiger partial charge in [-0.25, -0.2) is 0 Å². The Kier molecular flexibility index (Phi) is 4.87. The standard InChI is InChI=1S/C14H19NO3Si/c1-12(16)17-11-14(10-15,18-19(2,3)4)13-8-6-5-7-9-13/h5-9H,11H2,1-4H3/t14-/m0/s1. The molecule has 0 amide bonds. The van der Waals surface area contributed by atoms with Crippen LogP contribution in [0.25, 0.3) is 0 Å². The topological polar surface area (TPSA) is 59.3 Å². The smallest absolute Gasteiger partial charge is 0.302 e. The van der Waals surface area contributed by atoms with Crippen molar-refractivity contribution in [2.24, 2.45) is 0 Å². The van der Waals surface area contributed by atoms with Gasteiger partial charge in [-0.2, -0.15) is 5.26 Å². The van der Waals surface area contributed by atoms with Gasteiger partial charge in [0.15, 0.2) is 8.32 Å². The Hall–Kier alpha value is -1.64. The number of benzene rings is 1. The zero-order valence-electron chi connectivity index (χ0n) is 11.8. The lowest BCUT2D eigenvalue weighted by molar-refractivity contribution is -0.145. The minimum absolute atomic E-state index is 0.0902. The van der Waals surface area contributed by atoms with E-state index < -0.39 is 19.9 Å². The minimum Gasteiger partial charge on any atom is -0.461 e. The Morgan fingerprint density at radius 2 is 1.89 bits per heavy atom. The van der Waals surface area contributed by atoms with Crippen LogP contribution in [0.1, 0.15) is 12.5 Å². The molecule has 1 atom stereocenters. The predicted octanol–water partition coefficient (Wildman–Crippen LogP) is 2.82. The SMILES string of the molecule is CC(=O)OC[C@](C#N)(O[Si](C)(C)C)c1ccccc1. The number of hydrogen-bond donors (Lipinski definition) is 0. The summed E-state index contributed by atoms with van der Waals surface area (Å²) in [5.41, 5.74) is -0.515. The van der Waals surface area contributed by atoms with E-state index in [1.54, 1.807) is 0 Å². The van der Waals surface area contributed by atoms with Crippen LogP contribution in [-0.4, -0.2) is 20.9 Å². The van der Waals surface area contributed by atoms with Gasteiger partial charge in [0.1, 0.15) is 12.7 Å². The minimum atomic E-state index is -1.98. The molecule has 102 valence electrons. The van der Waals surface area contributed by atoms with Crippen LogP contribution in [0.5, 0.6) is 0 Å². The molecule has 1 aromatic rings. The first-order valence-corrected chi connectivity index (χ1v) is 9.50. The zero-order valence-corrected chi connectivity index (χ0v) is 12.8. The molecule has 0 radical (unpaired) electrons. The highest BCUT2D eigenvalue weighted by Gasteiger charge is 2.39. The van der Waals surface area contributed by atoms with Gasteiger partial charge in [0, 0.05) is 12.5 Å². The molecule has 0 aliphatic heterocycles. The van der Waals surface area contributed by atoms with E-state index in [0.717, 1.165) is 0 Å². The second-order valence-corrected chi connectivity index (χ2v) is 9.73. The Balaban J connectivity index is 3.14. The molecule has 0 aromatic heterocycles. The van der Waals surface area contributed by atoms with E-state index in [1.807, 2.05) is 50.0 Å². The van der Waals surface area contributed by atoms with Crippen LogP contribution in [-0.2, 0) is 19.6 Å². The van der Waals surface area contributed by atoms with Crippen LogP contribution in [0.2, 0.25) is 19.6 Å². The van der Waals surface area contributed by atoms with E-state index in [2.05, 4.69) is 6.07 Å². The monoisotopic (exact) mass is 277 g/mol. The molecule has 0 unspecified atom stereocenters. The van der Waals surface area contributed by atoms with Crippen LogP contribution < -0.4 is 0 Å². The lowest BCUT2D eigenvalue weighted by atomic mass is 9.96. The molecule has 5 heteroatoms. The Labute approximate surface area is 115 Å². The molecule has 0 N–H and O–H groups in total. The highest BCUT2D eigenvalue weighted by molar-refractivity contribution is 6.69. The van der Waals surface area contributed by atoms with Gasteiger partial charge in [-0.15, -0.1) is 0 Å². The van der Waals surface area contributed by atoms with Crippen molar-refractivity contribution < 1.29 is 14.0 Å². The molecule has 0 aliphatic rings. The predicted molar refractivity (Wildman–Crippen MR) is 74.8 cm³/mol. The summed E-state index contributed by atoms with van der Waals surface area (Å²) in [7, 11) is -1.98. The summed E-state index contributed by atoms with van der Waals surface area (Å²) in [4.78, 5) is 11.0. The largest absolute Gasteiger partial charge is 0.461 e. The molecular weight excluding hydrogens is 258 g/mol. The van der Waals surface area contributed by atoms with Crippen LogP contribution in [0.3, 0.4) is 0 Å². The van der Waals surface area contributed by atoms with Gasteiger partial charge in [0.05, 0.1) is 0 Å². The van der Waals surface area contributed by atoms with Crippen LogP contribution in [0, 0.1) is 11.3 Å². The van der Waals surface area contributed by atoms with E-state index in [4.69, 9.17) is 9.16 Å². The summed E-state index contributed by atoms with van der Waals surface area (Å²) in [6.07, 6.45) is 0. The van der Waals surface area contributed by atoms with Crippen molar-refractivity contribution in [3.05, 3.63) is 35.9 Å². The third-order valence-electron chi connectivity index (χ3n) is 2.38. The quantitative estimate of drug-likeness (QED) is 0.613. The van der Waals surface area contributed by atoms with E-state index in [1.165, 1.54) is 6.92 Å². The summed E-state index contributed by atoms with van der Waals surface area (Å²) in [6.45, 7) is 7.22. The molecule has 0 saturated carbocycles. The number of rotatable bonds is 5. The third kappa shape index (κ3) is 4.50. The van der Waals surface area contributed by atoms with Gasteiger partial charge in [0.2, 0.25) is 5.60 Å². The van der Waals surface area contributed by atoms with Crippen molar-refractivity contribution in [3.8, 4) is 6.07 Å². The summed E-state index contributed by atoms with van der Waals surface area (Å²) >= 11 is 0. The van der Waals surface area contributed by atoms with Crippen molar-refractivity contribution >= 4 is 14.3 Å². The zero-order chi connectivity index (χ0) is 14.5. The molecule has 4 nitrogen and oxygen atoms in total.